The van der Waals surface area contributed by atoms with Gasteiger partial charge in [-0.3, -0.25) is 4.79 Å². The van der Waals surface area contributed by atoms with Crippen molar-refractivity contribution in [2.45, 2.75) is 200 Å². The number of aliphatic hydroxyl groups excluding tert-OH is 1. The number of hydrogen-bond acceptors (Lipinski definition) is 12. The molecule has 12 nitrogen and oxygen atoms in total. The second-order valence-corrected chi connectivity index (χ2v) is 18.1. The standard InChI is InChI=1S/C41H61NO11/c1-20-12-25-6-8-29-21(2)13-27(46-29)10-11-41-19-40(4)39(53-41)38-37(51-40)36(52-41)35-30(50-38)9-7-26(48-35)14-23(43)15-28-32(17-31(47-25)22(20)3)49-33(34(28)45-5)16-24(44)18-42/h20,24-39,44H,2-3,6-19,42H2,1,4-5H3/t20-,24+,25+,26-,27+,28+,29+,30+,31-,32+,33-,34-,35+,36+,37+,38-,39-,40-,41-/m1/s1. The number of rotatable bonds is 4. The Hall–Kier alpha value is -1.29. The van der Waals surface area contributed by atoms with Crippen LogP contribution in [0.2, 0.25) is 0 Å². The van der Waals surface area contributed by atoms with Crippen LogP contribution in [0.3, 0.4) is 0 Å². The maximum atomic E-state index is 14.1. The molecule has 0 radical (unpaired) electrons. The van der Waals surface area contributed by atoms with Crippen molar-refractivity contribution in [3.63, 3.8) is 0 Å². The molecule has 53 heavy (non-hydrogen) atoms. The Kier molecular flexibility index (Phi) is 10.0. The van der Waals surface area contributed by atoms with Crippen LogP contribution in [0.1, 0.15) is 97.3 Å². The van der Waals surface area contributed by atoms with Crippen molar-refractivity contribution in [2.24, 2.45) is 17.6 Å². The summed E-state index contributed by atoms with van der Waals surface area (Å²) in [6, 6.07) is 0. The topological polar surface area (TPSA) is 146 Å². The summed E-state index contributed by atoms with van der Waals surface area (Å²) in [7, 11) is 1.66. The van der Waals surface area contributed by atoms with Gasteiger partial charge in [0.25, 0.3) is 0 Å². The number of ketones is 1. The molecule has 0 saturated carbocycles. The molecule has 0 amide bonds. The van der Waals surface area contributed by atoms with Crippen LogP contribution in [0.25, 0.3) is 0 Å². The molecule has 19 atom stereocenters. The average Bonchev–Trinajstić information content (AvgIpc) is 3.76. The van der Waals surface area contributed by atoms with E-state index in [1.807, 2.05) is 0 Å². The predicted octanol–water partition coefficient (Wildman–Crippen LogP) is 3.83. The fraction of sp³-hybridized carbons (Fsp3) is 0.878. The molecule has 0 aliphatic carbocycles. The van der Waals surface area contributed by atoms with Crippen LogP contribution in [0.4, 0.5) is 0 Å². The number of Topliss-reactive ketones (excluding diaryl/α,β-unsaturated/α-hetero) is 1. The monoisotopic (exact) mass is 743 g/mol. The Labute approximate surface area is 313 Å². The first-order chi connectivity index (χ1) is 25.4. The third kappa shape index (κ3) is 6.73. The Morgan fingerprint density at radius 1 is 0.849 bits per heavy atom. The van der Waals surface area contributed by atoms with E-state index in [2.05, 4.69) is 27.0 Å². The van der Waals surface area contributed by atoms with E-state index in [-0.39, 0.29) is 116 Å². The lowest BCUT2D eigenvalue weighted by molar-refractivity contribution is -0.294. The Bertz CT molecular complexity index is 1430. The number of fused-ring (bicyclic) bond motifs is 6. The van der Waals surface area contributed by atoms with E-state index in [9.17, 15) is 9.90 Å². The lowest BCUT2D eigenvalue weighted by Gasteiger charge is -2.47. The van der Waals surface area contributed by atoms with E-state index in [4.69, 9.17) is 48.4 Å². The molecule has 0 aromatic heterocycles. The number of methoxy groups -OCH3 is 1. The minimum atomic E-state index is -0.818. The summed E-state index contributed by atoms with van der Waals surface area (Å²) >= 11 is 0. The van der Waals surface area contributed by atoms with Gasteiger partial charge >= 0.3 is 0 Å². The zero-order chi connectivity index (χ0) is 36.8. The van der Waals surface area contributed by atoms with Crippen molar-refractivity contribution in [1.29, 1.82) is 0 Å². The van der Waals surface area contributed by atoms with E-state index in [1.54, 1.807) is 7.11 Å². The van der Waals surface area contributed by atoms with Gasteiger partial charge in [0.1, 0.15) is 41.9 Å². The largest absolute Gasteiger partial charge is 0.392 e. The highest BCUT2D eigenvalue weighted by atomic mass is 16.8. The number of nitrogens with two attached hydrogens (primary N) is 1. The van der Waals surface area contributed by atoms with Gasteiger partial charge in [-0.25, -0.2) is 0 Å². The summed E-state index contributed by atoms with van der Waals surface area (Å²) < 4.78 is 60.5. The number of aliphatic hydroxyl groups is 1. The molecular formula is C41H61NO11. The fourth-order valence-corrected chi connectivity index (χ4v) is 11.7. The van der Waals surface area contributed by atoms with Gasteiger partial charge in [0, 0.05) is 58.1 Å². The molecule has 0 aromatic rings. The lowest BCUT2D eigenvalue weighted by Crippen LogP contribution is -2.61. The average molecular weight is 744 g/mol. The SMILES string of the molecule is C=C1C[C@@H]2CC[C@@]34C[C@@]5(C)O[C@H]6[C@@H](O3)[C@H]3O[C@H](CC[C@@H]3O[C@H]6[C@H]5O4)CC(=O)C[C@@H]3[C@@H](OC)[C@@H](C[C@H](O)CN)O[C@H]3C[C@H]3O[C@@H](CC[C@@H]1O2)C[C@@H](C)C3=C. The van der Waals surface area contributed by atoms with Crippen molar-refractivity contribution in [3.8, 4) is 0 Å². The highest BCUT2D eigenvalue weighted by molar-refractivity contribution is 5.79. The molecule has 12 heteroatoms. The van der Waals surface area contributed by atoms with Gasteiger partial charge in [0.05, 0.1) is 61.0 Å². The molecule has 10 aliphatic rings. The molecule has 3 N–H and O–H groups in total. The van der Waals surface area contributed by atoms with Crippen LogP contribution < -0.4 is 5.73 Å². The van der Waals surface area contributed by atoms with E-state index in [0.29, 0.717) is 32.1 Å². The Balaban J connectivity index is 1.00. The van der Waals surface area contributed by atoms with Crippen molar-refractivity contribution < 1.29 is 52.5 Å². The normalized spacial score (nSPS) is 53.0. The minimum Gasteiger partial charge on any atom is -0.392 e. The molecular weight excluding hydrogens is 682 g/mol. The number of hydrogen-bond donors (Lipinski definition) is 2. The van der Waals surface area contributed by atoms with Crippen LogP contribution in [0.15, 0.2) is 24.3 Å². The number of carbonyl (C=O) groups is 1. The van der Waals surface area contributed by atoms with Gasteiger partial charge in [0.15, 0.2) is 5.79 Å². The maximum Gasteiger partial charge on any atom is 0.172 e. The summed E-state index contributed by atoms with van der Waals surface area (Å²) in [6.07, 6.45) is 4.60. The second-order valence-electron chi connectivity index (χ2n) is 18.1. The fourth-order valence-electron chi connectivity index (χ4n) is 11.7. The molecule has 10 fully saturated rings. The molecule has 10 aliphatic heterocycles. The first-order valence-corrected chi connectivity index (χ1v) is 20.5. The third-order valence-electron chi connectivity index (χ3n) is 14.4. The first-order valence-electron chi connectivity index (χ1n) is 20.5. The van der Waals surface area contributed by atoms with Gasteiger partial charge in [-0.05, 0) is 68.9 Å². The zero-order valence-electron chi connectivity index (χ0n) is 31.7. The molecule has 0 unspecified atom stereocenters. The molecule has 296 valence electrons. The number of carbonyl (C=O) groups excluding carboxylic acids is 1. The van der Waals surface area contributed by atoms with E-state index >= 15 is 0 Å². The highest BCUT2D eigenvalue weighted by Gasteiger charge is 2.73. The quantitative estimate of drug-likeness (QED) is 0.404. The van der Waals surface area contributed by atoms with Gasteiger partial charge in [0.2, 0.25) is 0 Å². The third-order valence-corrected chi connectivity index (χ3v) is 14.4. The van der Waals surface area contributed by atoms with E-state index < -0.39 is 23.6 Å². The highest BCUT2D eigenvalue weighted by Crippen LogP contribution is 2.58. The van der Waals surface area contributed by atoms with Crippen molar-refractivity contribution in [3.05, 3.63) is 24.3 Å². The molecule has 10 heterocycles. The Morgan fingerprint density at radius 3 is 2.43 bits per heavy atom. The van der Waals surface area contributed by atoms with Crippen LogP contribution in [0.5, 0.6) is 0 Å². The molecule has 10 rings (SSSR count). The molecule has 0 aromatic carbocycles. The van der Waals surface area contributed by atoms with Crippen LogP contribution in [-0.4, -0.2) is 127 Å². The van der Waals surface area contributed by atoms with Gasteiger partial charge in [-0.1, -0.05) is 20.1 Å². The Morgan fingerprint density at radius 2 is 1.62 bits per heavy atom. The van der Waals surface area contributed by atoms with Crippen molar-refractivity contribution in [2.75, 3.05) is 13.7 Å². The predicted molar refractivity (Wildman–Crippen MR) is 191 cm³/mol. The van der Waals surface area contributed by atoms with E-state index in [0.717, 1.165) is 49.7 Å². The van der Waals surface area contributed by atoms with Gasteiger partial charge < -0.3 is 53.5 Å². The van der Waals surface area contributed by atoms with Crippen molar-refractivity contribution in [1.82, 2.24) is 0 Å². The first kappa shape index (κ1) is 37.3. The minimum absolute atomic E-state index is 0.0227. The molecule has 10 saturated heterocycles. The van der Waals surface area contributed by atoms with Crippen LogP contribution in [0, 0.1) is 11.8 Å². The van der Waals surface area contributed by atoms with E-state index in [1.165, 1.54) is 0 Å². The van der Waals surface area contributed by atoms with Crippen molar-refractivity contribution >= 4 is 5.78 Å². The summed E-state index contributed by atoms with van der Waals surface area (Å²) in [5.41, 5.74) is 7.51. The van der Waals surface area contributed by atoms with Gasteiger partial charge in [-0.2, -0.15) is 0 Å². The molecule has 12 bridgehead atoms. The van der Waals surface area contributed by atoms with Crippen LogP contribution in [-0.2, 0) is 47.4 Å². The summed E-state index contributed by atoms with van der Waals surface area (Å²) in [4.78, 5) is 14.1. The molecule has 1 spiro atoms. The smallest absolute Gasteiger partial charge is 0.172 e. The van der Waals surface area contributed by atoms with Crippen LogP contribution >= 0.6 is 0 Å². The lowest BCUT2D eigenvalue weighted by atomic mass is 9.81. The van der Waals surface area contributed by atoms with Gasteiger partial charge in [-0.15, -0.1) is 0 Å². The summed E-state index contributed by atoms with van der Waals surface area (Å²) in [6.45, 7) is 13.4. The summed E-state index contributed by atoms with van der Waals surface area (Å²) in [5.74, 6) is -0.666. The zero-order valence-corrected chi connectivity index (χ0v) is 31.7. The maximum absolute atomic E-state index is 14.1. The summed E-state index contributed by atoms with van der Waals surface area (Å²) in [5, 5.41) is 10.5. The second kappa shape index (κ2) is 14.3. The number of ether oxygens (including phenoxy) is 9.